The van der Waals surface area contributed by atoms with E-state index in [1.165, 1.54) is 31.4 Å². The smallest absolute Gasteiger partial charge is 0.338 e. The van der Waals surface area contributed by atoms with Gasteiger partial charge in [0.05, 0.1) is 23.1 Å². The first-order valence-corrected chi connectivity index (χ1v) is 10.4. The molecule has 0 heterocycles. The van der Waals surface area contributed by atoms with Crippen molar-refractivity contribution in [1.82, 2.24) is 0 Å². The van der Waals surface area contributed by atoms with Crippen LogP contribution >= 0.6 is 0 Å². The molecule has 2 aromatic rings. The lowest BCUT2D eigenvalue weighted by atomic mass is 10.1. The van der Waals surface area contributed by atoms with E-state index >= 15 is 0 Å². The van der Waals surface area contributed by atoms with Crippen LogP contribution in [-0.4, -0.2) is 46.2 Å². The van der Waals surface area contributed by atoms with Gasteiger partial charge in [-0.15, -0.1) is 0 Å². The monoisotopic (exact) mass is 419 g/mol. The Morgan fingerprint density at radius 3 is 2.24 bits per heavy atom. The van der Waals surface area contributed by atoms with Gasteiger partial charge in [-0.3, -0.25) is 4.79 Å². The van der Waals surface area contributed by atoms with Crippen molar-refractivity contribution in [2.24, 2.45) is 0 Å². The Labute approximate surface area is 168 Å². The molecule has 0 spiro atoms. The molecule has 2 aromatic carbocycles. The van der Waals surface area contributed by atoms with Crippen LogP contribution in [-0.2, 0) is 24.1 Å². The molecule has 0 unspecified atom stereocenters. The van der Waals surface area contributed by atoms with Gasteiger partial charge >= 0.3 is 11.9 Å². The van der Waals surface area contributed by atoms with Gasteiger partial charge in [0, 0.05) is 11.9 Å². The number of methoxy groups -OCH3 is 1. The fourth-order valence-corrected chi connectivity index (χ4v) is 3.10. The summed E-state index contributed by atoms with van der Waals surface area (Å²) in [4.78, 5) is 36.1. The van der Waals surface area contributed by atoms with Gasteiger partial charge in [0.2, 0.25) is 0 Å². The minimum atomic E-state index is -3.49. The van der Waals surface area contributed by atoms with Gasteiger partial charge in [-0.25, -0.2) is 18.0 Å². The molecule has 0 radical (unpaired) electrons. The number of ether oxygens (including phenoxy) is 2. The first-order valence-electron chi connectivity index (χ1n) is 8.49. The molecule has 0 fully saturated rings. The molecule has 1 amide bonds. The van der Waals surface area contributed by atoms with Gasteiger partial charge in [-0.05, 0) is 49.2 Å². The standard InChI is InChI=1S/C20H21NO7S/c1-12-6-8-15(29(4,25)26)10-16(12)20(24)28-11-18(22)21-17-9-14(19(23)27-3)7-5-13(17)2/h5-10H,11H2,1-4H3,(H,21,22). The molecule has 0 atom stereocenters. The average molecular weight is 419 g/mol. The van der Waals surface area contributed by atoms with Crippen LogP contribution in [0.4, 0.5) is 5.69 Å². The van der Waals surface area contributed by atoms with Crippen molar-refractivity contribution in [2.45, 2.75) is 18.7 Å². The Hall–Kier alpha value is -3.20. The zero-order valence-electron chi connectivity index (χ0n) is 16.4. The van der Waals surface area contributed by atoms with Crippen LogP contribution in [0.25, 0.3) is 0 Å². The first-order chi connectivity index (χ1) is 13.5. The van der Waals surface area contributed by atoms with Crippen molar-refractivity contribution >= 4 is 33.4 Å². The Morgan fingerprint density at radius 1 is 0.966 bits per heavy atom. The molecule has 0 aromatic heterocycles. The highest BCUT2D eigenvalue weighted by Crippen LogP contribution is 2.19. The van der Waals surface area contributed by atoms with Gasteiger partial charge < -0.3 is 14.8 Å². The van der Waals surface area contributed by atoms with Crippen molar-refractivity contribution in [3.63, 3.8) is 0 Å². The van der Waals surface area contributed by atoms with Gasteiger partial charge in [-0.2, -0.15) is 0 Å². The van der Waals surface area contributed by atoms with Crippen LogP contribution in [0.5, 0.6) is 0 Å². The molecule has 0 saturated heterocycles. The second kappa shape index (κ2) is 8.87. The number of amides is 1. The van der Waals surface area contributed by atoms with E-state index in [4.69, 9.17) is 4.74 Å². The summed E-state index contributed by atoms with van der Waals surface area (Å²) in [5, 5.41) is 2.57. The summed E-state index contributed by atoms with van der Waals surface area (Å²) in [6.07, 6.45) is 1.03. The van der Waals surface area contributed by atoms with Crippen LogP contribution < -0.4 is 5.32 Å². The Bertz CT molecular complexity index is 1070. The maximum atomic E-state index is 12.3. The molecule has 8 nitrogen and oxygen atoms in total. The third-order valence-electron chi connectivity index (χ3n) is 4.12. The molecule has 0 aliphatic carbocycles. The second-order valence-electron chi connectivity index (χ2n) is 6.39. The number of hydrogen-bond acceptors (Lipinski definition) is 7. The zero-order valence-corrected chi connectivity index (χ0v) is 17.3. The number of aryl methyl sites for hydroxylation is 2. The van der Waals surface area contributed by atoms with Crippen molar-refractivity contribution in [2.75, 3.05) is 25.3 Å². The molecule has 0 aliphatic heterocycles. The highest BCUT2D eigenvalue weighted by atomic mass is 32.2. The van der Waals surface area contributed by atoms with Crippen molar-refractivity contribution < 1.29 is 32.3 Å². The molecular formula is C20H21NO7S. The molecule has 1 N–H and O–H groups in total. The summed E-state index contributed by atoms with van der Waals surface area (Å²) >= 11 is 0. The van der Waals surface area contributed by atoms with Gasteiger partial charge in [0.25, 0.3) is 5.91 Å². The first kappa shape index (κ1) is 22.1. The minimum Gasteiger partial charge on any atom is -0.465 e. The zero-order chi connectivity index (χ0) is 21.8. The number of hydrogen-bond donors (Lipinski definition) is 1. The summed E-state index contributed by atoms with van der Waals surface area (Å²) < 4.78 is 33.0. The van der Waals surface area contributed by atoms with E-state index in [0.29, 0.717) is 16.8 Å². The van der Waals surface area contributed by atoms with Crippen LogP contribution in [0.3, 0.4) is 0 Å². The number of carbonyl (C=O) groups is 3. The van der Waals surface area contributed by atoms with E-state index < -0.39 is 34.3 Å². The number of anilines is 1. The highest BCUT2D eigenvalue weighted by molar-refractivity contribution is 7.90. The Balaban J connectivity index is 2.08. The maximum Gasteiger partial charge on any atom is 0.338 e. The molecule has 0 bridgehead atoms. The SMILES string of the molecule is COC(=O)c1ccc(C)c(NC(=O)COC(=O)c2cc(S(C)(=O)=O)ccc2C)c1. The molecule has 9 heteroatoms. The second-order valence-corrected chi connectivity index (χ2v) is 8.41. The maximum absolute atomic E-state index is 12.3. The molecule has 154 valence electrons. The summed E-state index contributed by atoms with van der Waals surface area (Å²) in [6, 6.07) is 8.78. The third-order valence-corrected chi connectivity index (χ3v) is 5.23. The number of benzene rings is 2. The predicted octanol–water partition coefficient (Wildman–Crippen LogP) is 2.29. The summed E-state index contributed by atoms with van der Waals surface area (Å²) in [7, 11) is -2.24. The van der Waals surface area contributed by atoms with Gasteiger partial charge in [0.1, 0.15) is 0 Å². The van der Waals surface area contributed by atoms with E-state index in [2.05, 4.69) is 10.1 Å². The van der Waals surface area contributed by atoms with E-state index in [1.54, 1.807) is 26.0 Å². The predicted molar refractivity (Wildman–Crippen MR) is 106 cm³/mol. The number of carbonyl (C=O) groups excluding carboxylic acids is 3. The molecular weight excluding hydrogens is 398 g/mol. The topological polar surface area (TPSA) is 116 Å². The number of esters is 2. The van der Waals surface area contributed by atoms with E-state index in [9.17, 15) is 22.8 Å². The van der Waals surface area contributed by atoms with Crippen molar-refractivity contribution in [3.05, 3.63) is 58.7 Å². The highest BCUT2D eigenvalue weighted by Gasteiger charge is 2.17. The fraction of sp³-hybridized carbons (Fsp3) is 0.250. The van der Waals surface area contributed by atoms with Gasteiger partial charge in [-0.1, -0.05) is 12.1 Å². The lowest BCUT2D eigenvalue weighted by Crippen LogP contribution is -2.22. The number of nitrogens with one attached hydrogen (secondary N) is 1. The Morgan fingerprint density at radius 2 is 1.62 bits per heavy atom. The fourth-order valence-electron chi connectivity index (χ4n) is 2.45. The lowest BCUT2D eigenvalue weighted by molar-refractivity contribution is -0.119. The van der Waals surface area contributed by atoms with Crippen LogP contribution in [0.2, 0.25) is 0 Å². The Kier molecular flexibility index (Phi) is 6.76. The molecule has 0 aliphatic rings. The lowest BCUT2D eigenvalue weighted by Gasteiger charge is -2.11. The summed E-state index contributed by atoms with van der Waals surface area (Å²) in [5.41, 5.74) is 1.92. The molecule has 0 saturated carbocycles. The van der Waals surface area contributed by atoms with Gasteiger partial charge in [0.15, 0.2) is 16.4 Å². The normalized spacial score (nSPS) is 10.9. The average Bonchev–Trinajstić information content (AvgIpc) is 2.66. The summed E-state index contributed by atoms with van der Waals surface area (Å²) in [5.74, 6) is -1.98. The minimum absolute atomic E-state index is 0.0187. The summed E-state index contributed by atoms with van der Waals surface area (Å²) in [6.45, 7) is 2.79. The number of rotatable bonds is 6. The van der Waals surface area contributed by atoms with E-state index in [0.717, 1.165) is 6.26 Å². The van der Waals surface area contributed by atoms with E-state index in [-0.39, 0.29) is 16.0 Å². The quantitative estimate of drug-likeness (QED) is 0.714. The molecule has 2 rings (SSSR count). The number of sulfone groups is 1. The van der Waals surface area contributed by atoms with Crippen LogP contribution in [0.15, 0.2) is 41.3 Å². The van der Waals surface area contributed by atoms with E-state index in [1.807, 2.05) is 0 Å². The van der Waals surface area contributed by atoms with Crippen LogP contribution in [0.1, 0.15) is 31.8 Å². The third kappa shape index (κ3) is 5.64. The largest absolute Gasteiger partial charge is 0.465 e. The van der Waals surface area contributed by atoms with Crippen molar-refractivity contribution in [1.29, 1.82) is 0 Å². The van der Waals surface area contributed by atoms with Crippen molar-refractivity contribution in [3.8, 4) is 0 Å². The van der Waals surface area contributed by atoms with Crippen LogP contribution in [0, 0.1) is 13.8 Å². The molecule has 29 heavy (non-hydrogen) atoms.